The Hall–Kier alpha value is -2.34. The van der Waals surface area contributed by atoms with E-state index in [4.69, 9.17) is 0 Å². The van der Waals surface area contributed by atoms with Crippen LogP contribution in [0.15, 0.2) is 42.5 Å². The molecule has 0 heterocycles. The maximum atomic E-state index is 12.7. The molecule has 6 heteroatoms. The number of carbonyl (C=O) groups excluding carboxylic acids is 1. The van der Waals surface area contributed by atoms with Gasteiger partial charge in [0.05, 0.1) is 11.9 Å². The van der Waals surface area contributed by atoms with Gasteiger partial charge in [-0.05, 0) is 56.5 Å². The van der Waals surface area contributed by atoms with E-state index in [1.54, 1.807) is 19.1 Å². The second-order valence-corrected chi connectivity index (χ2v) is 8.42. The third-order valence-corrected chi connectivity index (χ3v) is 5.57. The third kappa shape index (κ3) is 4.64. The van der Waals surface area contributed by atoms with Gasteiger partial charge >= 0.3 is 0 Å². The molecule has 0 aromatic heterocycles. The molecule has 0 aliphatic carbocycles. The van der Waals surface area contributed by atoms with Crippen molar-refractivity contribution < 1.29 is 13.2 Å². The molecule has 5 nitrogen and oxygen atoms in total. The average molecular weight is 375 g/mol. The van der Waals surface area contributed by atoms with Crippen LogP contribution in [0.25, 0.3) is 0 Å². The van der Waals surface area contributed by atoms with E-state index in [0.29, 0.717) is 11.4 Å². The Morgan fingerprint density at radius 1 is 1.12 bits per heavy atom. The number of nitrogens with zero attached hydrogens (tertiary/aromatic N) is 1. The van der Waals surface area contributed by atoms with Crippen LogP contribution in [0.3, 0.4) is 0 Å². The summed E-state index contributed by atoms with van der Waals surface area (Å²) < 4.78 is 25.8. The summed E-state index contributed by atoms with van der Waals surface area (Å²) in [6, 6.07) is 12.1. The van der Waals surface area contributed by atoms with E-state index in [9.17, 15) is 13.2 Å². The molecule has 2 aromatic rings. The lowest BCUT2D eigenvalue weighted by Crippen LogP contribution is -2.45. The topological polar surface area (TPSA) is 66.5 Å². The Kier molecular flexibility index (Phi) is 6.08. The fourth-order valence-electron chi connectivity index (χ4n) is 2.88. The fourth-order valence-corrected chi connectivity index (χ4v) is 4.05. The van der Waals surface area contributed by atoms with Crippen molar-refractivity contribution in [3.05, 3.63) is 59.2 Å². The fraction of sp³-hybridized carbons (Fsp3) is 0.350. The molecule has 0 radical (unpaired) electrons. The van der Waals surface area contributed by atoms with Crippen molar-refractivity contribution in [1.29, 1.82) is 0 Å². The van der Waals surface area contributed by atoms with Gasteiger partial charge in [0.25, 0.3) is 0 Å². The second kappa shape index (κ2) is 7.91. The predicted molar refractivity (Wildman–Crippen MR) is 107 cm³/mol. The zero-order valence-electron chi connectivity index (χ0n) is 15.9. The number of carbonyl (C=O) groups is 1. The first-order valence-electron chi connectivity index (χ1n) is 8.60. The van der Waals surface area contributed by atoms with Gasteiger partial charge in [-0.2, -0.15) is 0 Å². The van der Waals surface area contributed by atoms with Crippen LogP contribution < -0.4 is 9.62 Å². The van der Waals surface area contributed by atoms with Crippen LogP contribution >= 0.6 is 0 Å². The summed E-state index contributed by atoms with van der Waals surface area (Å²) >= 11 is 0. The lowest BCUT2D eigenvalue weighted by Gasteiger charge is -2.28. The molecule has 0 saturated carbocycles. The normalized spacial score (nSPS) is 12.5. The highest BCUT2D eigenvalue weighted by molar-refractivity contribution is 7.92. The van der Waals surface area contributed by atoms with Crippen LogP contribution in [0.4, 0.5) is 11.4 Å². The minimum atomic E-state index is -3.62. The summed E-state index contributed by atoms with van der Waals surface area (Å²) in [7, 11) is -3.62. The van der Waals surface area contributed by atoms with Crippen LogP contribution in [-0.4, -0.2) is 26.6 Å². The maximum absolute atomic E-state index is 12.7. The monoisotopic (exact) mass is 374 g/mol. The molecule has 1 atom stereocenters. The van der Waals surface area contributed by atoms with Crippen LogP contribution in [0.1, 0.15) is 30.5 Å². The van der Waals surface area contributed by atoms with Crippen molar-refractivity contribution in [2.45, 2.75) is 40.2 Å². The van der Waals surface area contributed by atoms with Gasteiger partial charge in [-0.3, -0.25) is 9.10 Å². The van der Waals surface area contributed by atoms with Crippen molar-refractivity contribution in [3.8, 4) is 0 Å². The minimum Gasteiger partial charge on any atom is -0.324 e. The van der Waals surface area contributed by atoms with Gasteiger partial charge in [-0.15, -0.1) is 0 Å². The first-order valence-corrected chi connectivity index (χ1v) is 10.4. The lowest BCUT2D eigenvalue weighted by molar-refractivity contribution is -0.116. The van der Waals surface area contributed by atoms with Crippen molar-refractivity contribution >= 4 is 27.3 Å². The number of anilines is 2. The van der Waals surface area contributed by atoms with Crippen LogP contribution in [0, 0.1) is 13.8 Å². The van der Waals surface area contributed by atoms with E-state index in [1.165, 1.54) is 0 Å². The standard InChI is InChI=1S/C20H26N2O3S/c1-6-17-8-10-18(11-9-17)22(26(5,24)25)16(4)20(23)21-19-12-7-14(2)13-15(19)3/h7-13,16H,6H2,1-5H3,(H,21,23). The van der Waals surface area contributed by atoms with Crippen LogP contribution in [-0.2, 0) is 21.2 Å². The van der Waals surface area contributed by atoms with Crippen LogP contribution in [0.2, 0.25) is 0 Å². The number of aryl methyl sites for hydroxylation is 3. The first-order chi connectivity index (χ1) is 12.1. The first kappa shape index (κ1) is 20.0. The number of hydrogen-bond donors (Lipinski definition) is 1. The predicted octanol–water partition coefficient (Wildman–Crippen LogP) is 3.66. The molecule has 0 aliphatic rings. The van der Waals surface area contributed by atoms with Crippen molar-refractivity contribution in [2.75, 3.05) is 15.9 Å². The van der Waals surface area contributed by atoms with Gasteiger partial charge in [-0.1, -0.05) is 36.8 Å². The summed E-state index contributed by atoms with van der Waals surface area (Å²) in [6.45, 7) is 7.51. The maximum Gasteiger partial charge on any atom is 0.248 e. The molecular formula is C20H26N2O3S. The molecule has 2 rings (SSSR count). The summed E-state index contributed by atoms with van der Waals surface area (Å²) in [5, 5.41) is 2.84. The van der Waals surface area contributed by atoms with E-state index in [2.05, 4.69) is 5.32 Å². The summed E-state index contributed by atoms with van der Waals surface area (Å²) in [5.41, 5.74) is 4.30. The minimum absolute atomic E-state index is 0.373. The molecule has 0 bridgehead atoms. The number of amides is 1. The smallest absolute Gasteiger partial charge is 0.248 e. The molecule has 0 fully saturated rings. The van der Waals surface area contributed by atoms with Crippen LogP contribution in [0.5, 0.6) is 0 Å². The van der Waals surface area contributed by atoms with Gasteiger partial charge in [0.2, 0.25) is 15.9 Å². The van der Waals surface area contributed by atoms with E-state index >= 15 is 0 Å². The molecule has 1 amide bonds. The van der Waals surface area contributed by atoms with E-state index in [0.717, 1.165) is 33.7 Å². The van der Waals surface area contributed by atoms with Gasteiger partial charge in [0, 0.05) is 5.69 Å². The molecule has 26 heavy (non-hydrogen) atoms. The Balaban J connectivity index is 2.30. The highest BCUT2D eigenvalue weighted by Crippen LogP contribution is 2.23. The van der Waals surface area contributed by atoms with Crippen molar-refractivity contribution in [3.63, 3.8) is 0 Å². The summed E-state index contributed by atoms with van der Waals surface area (Å²) in [5.74, 6) is -0.373. The SMILES string of the molecule is CCc1ccc(N(C(C)C(=O)Nc2ccc(C)cc2C)S(C)(=O)=O)cc1. The van der Waals surface area contributed by atoms with Crippen molar-refractivity contribution in [1.82, 2.24) is 0 Å². The van der Waals surface area contributed by atoms with Gasteiger partial charge in [0.1, 0.15) is 6.04 Å². The lowest BCUT2D eigenvalue weighted by atomic mass is 10.1. The second-order valence-electron chi connectivity index (χ2n) is 6.56. The highest BCUT2D eigenvalue weighted by Gasteiger charge is 2.29. The average Bonchev–Trinajstić information content (AvgIpc) is 2.56. The highest BCUT2D eigenvalue weighted by atomic mass is 32.2. The Morgan fingerprint density at radius 2 is 1.73 bits per heavy atom. The number of nitrogens with one attached hydrogen (secondary N) is 1. The Labute approximate surface area is 156 Å². The summed E-state index contributed by atoms with van der Waals surface area (Å²) in [6.07, 6.45) is 1.98. The van der Waals surface area contributed by atoms with E-state index in [1.807, 2.05) is 51.1 Å². The number of sulfonamides is 1. The zero-order valence-corrected chi connectivity index (χ0v) is 16.7. The molecule has 140 valence electrons. The largest absolute Gasteiger partial charge is 0.324 e. The molecule has 0 saturated heterocycles. The van der Waals surface area contributed by atoms with E-state index in [-0.39, 0.29) is 5.91 Å². The third-order valence-electron chi connectivity index (χ3n) is 4.33. The van der Waals surface area contributed by atoms with Crippen molar-refractivity contribution in [2.24, 2.45) is 0 Å². The number of rotatable bonds is 6. The van der Waals surface area contributed by atoms with Gasteiger partial charge in [-0.25, -0.2) is 8.42 Å². The Bertz CT molecular complexity index is 890. The molecule has 1 N–H and O–H groups in total. The number of benzene rings is 2. The zero-order chi connectivity index (χ0) is 19.5. The number of hydrogen-bond acceptors (Lipinski definition) is 3. The molecular weight excluding hydrogens is 348 g/mol. The molecule has 1 unspecified atom stereocenters. The van der Waals surface area contributed by atoms with E-state index < -0.39 is 16.1 Å². The molecule has 0 aliphatic heterocycles. The summed E-state index contributed by atoms with van der Waals surface area (Å²) in [4.78, 5) is 12.7. The molecule has 0 spiro atoms. The quantitative estimate of drug-likeness (QED) is 0.839. The van der Waals surface area contributed by atoms with Gasteiger partial charge in [0.15, 0.2) is 0 Å². The Morgan fingerprint density at radius 3 is 2.23 bits per heavy atom. The molecule has 2 aromatic carbocycles. The van der Waals surface area contributed by atoms with Gasteiger partial charge < -0.3 is 5.32 Å².